The minimum absolute atomic E-state index is 0.539. The van der Waals surface area contributed by atoms with Crippen molar-refractivity contribution in [1.82, 2.24) is 19.3 Å². The van der Waals surface area contributed by atoms with Crippen LogP contribution >= 0.6 is 0 Å². The van der Waals surface area contributed by atoms with Crippen molar-refractivity contribution in [3.8, 4) is 6.07 Å². The Hall–Kier alpha value is -3.17. The molecule has 1 saturated heterocycles. The van der Waals surface area contributed by atoms with Gasteiger partial charge in [-0.2, -0.15) is 5.26 Å². The van der Waals surface area contributed by atoms with Gasteiger partial charge < -0.3 is 9.80 Å². The minimum atomic E-state index is 0.539. The van der Waals surface area contributed by atoms with E-state index in [2.05, 4.69) is 36.0 Å². The minimum Gasteiger partial charge on any atom is -0.369 e. The highest BCUT2D eigenvalue weighted by molar-refractivity contribution is 5.97. The van der Waals surface area contributed by atoms with Crippen molar-refractivity contribution < 1.29 is 0 Å². The van der Waals surface area contributed by atoms with Crippen molar-refractivity contribution in [2.24, 2.45) is 0 Å². The molecule has 28 heavy (non-hydrogen) atoms. The number of fused-ring (bicyclic) bond motifs is 5. The summed E-state index contributed by atoms with van der Waals surface area (Å²) in [5.74, 6) is 0. The SMILES string of the molecule is Cc1cc(N2CC[C@H](N(C)C)C2)c2cc(C#N)c3nc4ccccc4n3c2n1. The summed E-state index contributed by atoms with van der Waals surface area (Å²) < 4.78 is 2.04. The van der Waals surface area contributed by atoms with Gasteiger partial charge >= 0.3 is 0 Å². The summed E-state index contributed by atoms with van der Waals surface area (Å²) in [6.45, 7) is 4.02. The second kappa shape index (κ2) is 6.18. The van der Waals surface area contributed by atoms with E-state index in [0.717, 1.165) is 53.0 Å². The second-order valence-electron chi connectivity index (χ2n) is 7.80. The standard InChI is InChI=1S/C22H22N6/c1-14-10-20(27-9-8-16(13-27)26(2)3)17-11-15(12-23)21-25-18-6-4-5-7-19(18)28(21)22(17)24-14/h4-7,10-11,16H,8-9,13H2,1-3H3/t16-/m0/s1. The maximum Gasteiger partial charge on any atom is 0.157 e. The molecule has 0 spiro atoms. The van der Waals surface area contributed by atoms with Crippen LogP contribution < -0.4 is 4.90 Å². The fourth-order valence-electron chi connectivity index (χ4n) is 4.31. The van der Waals surface area contributed by atoms with E-state index >= 15 is 0 Å². The number of aryl methyl sites for hydroxylation is 1. The van der Waals surface area contributed by atoms with E-state index in [-0.39, 0.29) is 0 Å². The van der Waals surface area contributed by atoms with E-state index in [1.807, 2.05) is 41.7 Å². The van der Waals surface area contributed by atoms with Crippen LogP contribution in [0.5, 0.6) is 0 Å². The smallest absolute Gasteiger partial charge is 0.157 e. The molecule has 0 N–H and O–H groups in total. The van der Waals surface area contributed by atoms with Crippen LogP contribution in [0, 0.1) is 18.3 Å². The topological polar surface area (TPSA) is 60.5 Å². The van der Waals surface area contributed by atoms with Gasteiger partial charge in [0.2, 0.25) is 0 Å². The molecule has 4 heterocycles. The summed E-state index contributed by atoms with van der Waals surface area (Å²) in [4.78, 5) is 14.3. The van der Waals surface area contributed by atoms with E-state index in [4.69, 9.17) is 9.97 Å². The summed E-state index contributed by atoms with van der Waals surface area (Å²) in [6, 6.07) is 15.0. The molecular formula is C22H22N6. The summed E-state index contributed by atoms with van der Waals surface area (Å²) >= 11 is 0. The molecule has 0 aliphatic carbocycles. The van der Waals surface area contributed by atoms with E-state index in [0.29, 0.717) is 17.3 Å². The van der Waals surface area contributed by atoms with Crippen LogP contribution in [-0.4, -0.2) is 52.5 Å². The van der Waals surface area contributed by atoms with Crippen LogP contribution in [0.4, 0.5) is 5.69 Å². The molecule has 3 aromatic heterocycles. The predicted molar refractivity (Wildman–Crippen MR) is 112 cm³/mol. The first-order valence-corrected chi connectivity index (χ1v) is 9.60. The lowest BCUT2D eigenvalue weighted by molar-refractivity contribution is 0.315. The van der Waals surface area contributed by atoms with Crippen molar-refractivity contribution in [1.29, 1.82) is 5.26 Å². The Labute approximate surface area is 163 Å². The molecule has 0 amide bonds. The van der Waals surface area contributed by atoms with Gasteiger partial charge in [-0.15, -0.1) is 0 Å². The van der Waals surface area contributed by atoms with Gasteiger partial charge in [0.15, 0.2) is 5.65 Å². The third-order valence-corrected chi connectivity index (χ3v) is 5.80. The molecule has 4 aromatic rings. The summed E-state index contributed by atoms with van der Waals surface area (Å²) in [7, 11) is 4.28. The van der Waals surface area contributed by atoms with Gasteiger partial charge in [-0.3, -0.25) is 4.40 Å². The zero-order valence-electron chi connectivity index (χ0n) is 16.3. The van der Waals surface area contributed by atoms with Gasteiger partial charge in [-0.05, 0) is 51.7 Å². The molecule has 0 unspecified atom stereocenters. The Balaban J connectivity index is 1.84. The summed E-state index contributed by atoms with van der Waals surface area (Å²) in [6.07, 6.45) is 1.14. The maximum absolute atomic E-state index is 9.80. The number of imidazole rings is 1. The maximum atomic E-state index is 9.80. The molecule has 6 heteroatoms. The van der Waals surface area contributed by atoms with Crippen LogP contribution in [0.25, 0.3) is 27.7 Å². The Kier molecular flexibility index (Phi) is 3.74. The lowest BCUT2D eigenvalue weighted by Gasteiger charge is -2.23. The third-order valence-electron chi connectivity index (χ3n) is 5.80. The molecular weight excluding hydrogens is 348 g/mol. The number of aromatic nitrogens is 3. The van der Waals surface area contributed by atoms with Gasteiger partial charge in [-0.25, -0.2) is 9.97 Å². The number of rotatable bonds is 2. The first-order valence-electron chi connectivity index (χ1n) is 9.60. The van der Waals surface area contributed by atoms with Crippen LogP contribution in [0.3, 0.4) is 0 Å². The number of nitriles is 1. The number of pyridine rings is 2. The van der Waals surface area contributed by atoms with Gasteiger partial charge in [-0.1, -0.05) is 12.1 Å². The number of para-hydroxylation sites is 2. The molecule has 1 atom stereocenters. The highest BCUT2D eigenvalue weighted by Crippen LogP contribution is 2.33. The number of benzene rings is 1. The molecule has 6 nitrogen and oxygen atoms in total. The molecule has 1 aromatic carbocycles. The first-order chi connectivity index (χ1) is 13.6. The second-order valence-corrected chi connectivity index (χ2v) is 7.80. The fourth-order valence-corrected chi connectivity index (χ4v) is 4.31. The van der Waals surface area contributed by atoms with Crippen molar-refractivity contribution in [3.63, 3.8) is 0 Å². The molecule has 0 bridgehead atoms. The summed E-state index contributed by atoms with van der Waals surface area (Å²) in [5, 5.41) is 10.8. The third kappa shape index (κ3) is 2.44. The quantitative estimate of drug-likeness (QED) is 0.541. The van der Waals surface area contributed by atoms with E-state index in [1.54, 1.807) is 0 Å². The van der Waals surface area contributed by atoms with Crippen LogP contribution in [0.15, 0.2) is 36.4 Å². The van der Waals surface area contributed by atoms with Crippen molar-refractivity contribution in [3.05, 3.63) is 47.7 Å². The highest BCUT2D eigenvalue weighted by atomic mass is 15.2. The fraction of sp³-hybridized carbons (Fsp3) is 0.318. The van der Waals surface area contributed by atoms with Gasteiger partial charge in [0.1, 0.15) is 11.7 Å². The number of likely N-dealkylation sites (N-methyl/N-ethyl adjacent to an activating group) is 1. The number of anilines is 1. The average Bonchev–Trinajstić information content (AvgIpc) is 3.32. The number of nitrogens with zero attached hydrogens (tertiary/aromatic N) is 6. The van der Waals surface area contributed by atoms with Crippen molar-refractivity contribution in [2.75, 3.05) is 32.1 Å². The van der Waals surface area contributed by atoms with E-state index in [1.165, 1.54) is 0 Å². The average molecular weight is 370 g/mol. The Morgan fingerprint density at radius 2 is 1.96 bits per heavy atom. The molecule has 5 rings (SSSR count). The number of hydrogen-bond donors (Lipinski definition) is 0. The number of hydrogen-bond acceptors (Lipinski definition) is 5. The van der Waals surface area contributed by atoms with Crippen molar-refractivity contribution in [2.45, 2.75) is 19.4 Å². The van der Waals surface area contributed by atoms with Crippen LogP contribution in [0.2, 0.25) is 0 Å². The molecule has 140 valence electrons. The van der Waals surface area contributed by atoms with Crippen LogP contribution in [0.1, 0.15) is 17.7 Å². The van der Waals surface area contributed by atoms with Gasteiger partial charge in [0.25, 0.3) is 0 Å². The van der Waals surface area contributed by atoms with E-state index in [9.17, 15) is 5.26 Å². The van der Waals surface area contributed by atoms with Crippen molar-refractivity contribution >= 4 is 33.4 Å². The zero-order valence-corrected chi connectivity index (χ0v) is 16.3. The Morgan fingerprint density at radius 3 is 2.71 bits per heavy atom. The largest absolute Gasteiger partial charge is 0.369 e. The zero-order chi connectivity index (χ0) is 19.4. The Bertz CT molecular complexity index is 1260. The molecule has 0 saturated carbocycles. The lowest BCUT2D eigenvalue weighted by Crippen LogP contribution is -2.31. The normalized spacial score (nSPS) is 17.2. The van der Waals surface area contributed by atoms with Gasteiger partial charge in [0, 0.05) is 35.9 Å². The van der Waals surface area contributed by atoms with Crippen LogP contribution in [-0.2, 0) is 0 Å². The highest BCUT2D eigenvalue weighted by Gasteiger charge is 2.26. The molecule has 1 aliphatic rings. The lowest BCUT2D eigenvalue weighted by atomic mass is 10.1. The van der Waals surface area contributed by atoms with Gasteiger partial charge in [0.05, 0.1) is 16.6 Å². The molecule has 1 aliphatic heterocycles. The monoisotopic (exact) mass is 370 g/mol. The molecule has 1 fully saturated rings. The van der Waals surface area contributed by atoms with E-state index < -0.39 is 0 Å². The summed E-state index contributed by atoms with van der Waals surface area (Å²) in [5.41, 5.74) is 6.11. The molecule has 0 radical (unpaired) electrons. The first kappa shape index (κ1) is 17.0. The predicted octanol–water partition coefficient (Wildman–Crippen LogP) is 3.36. The Morgan fingerprint density at radius 1 is 1.14 bits per heavy atom.